The molecular weight excluding hydrogens is 358 g/mol. The second-order valence-corrected chi connectivity index (χ2v) is 6.45. The number of nitro benzene ring substituents is 1. The molecule has 1 unspecified atom stereocenters. The van der Waals surface area contributed by atoms with Crippen molar-refractivity contribution in [3.05, 3.63) is 82.4 Å². The highest BCUT2D eigenvalue weighted by Crippen LogP contribution is 2.35. The molecule has 7 heteroatoms. The van der Waals surface area contributed by atoms with Crippen molar-refractivity contribution in [3.63, 3.8) is 0 Å². The van der Waals surface area contributed by atoms with Crippen LogP contribution in [0.25, 0.3) is 21.9 Å². The quantitative estimate of drug-likeness (QED) is 0.370. The van der Waals surface area contributed by atoms with Crippen LogP contribution in [0.1, 0.15) is 18.5 Å². The van der Waals surface area contributed by atoms with Gasteiger partial charge in [-0.05, 0) is 30.7 Å². The van der Waals surface area contributed by atoms with Gasteiger partial charge in [-0.15, -0.1) is 0 Å². The molecule has 0 spiro atoms. The fourth-order valence-corrected chi connectivity index (χ4v) is 3.19. The van der Waals surface area contributed by atoms with E-state index >= 15 is 0 Å². The molecule has 4 aromatic rings. The Balaban J connectivity index is 1.58. The number of urea groups is 1. The van der Waals surface area contributed by atoms with Crippen LogP contribution in [-0.4, -0.2) is 11.0 Å². The molecule has 0 aliphatic carbocycles. The van der Waals surface area contributed by atoms with Crippen LogP contribution in [0.2, 0.25) is 0 Å². The topological polar surface area (TPSA) is 97.4 Å². The Hall–Kier alpha value is -3.87. The zero-order valence-electron chi connectivity index (χ0n) is 15.0. The molecule has 1 heterocycles. The summed E-state index contributed by atoms with van der Waals surface area (Å²) in [7, 11) is 0. The minimum absolute atomic E-state index is 0.0855. The second-order valence-electron chi connectivity index (χ2n) is 6.45. The Labute approximate surface area is 160 Å². The van der Waals surface area contributed by atoms with Gasteiger partial charge in [0.15, 0.2) is 0 Å². The molecule has 0 bridgehead atoms. The normalized spacial score (nSPS) is 12.0. The number of amides is 2. The molecule has 2 N–H and O–H groups in total. The predicted octanol–water partition coefficient (Wildman–Crippen LogP) is 5.38. The number of rotatable bonds is 4. The number of fused-ring (bicyclic) bond motifs is 3. The fourth-order valence-electron chi connectivity index (χ4n) is 3.19. The lowest BCUT2D eigenvalue weighted by atomic mass is 10.1. The number of para-hydroxylation sites is 1. The number of carbonyl (C=O) groups is 1. The van der Waals surface area contributed by atoms with E-state index in [9.17, 15) is 14.9 Å². The molecule has 0 saturated carbocycles. The van der Waals surface area contributed by atoms with Gasteiger partial charge in [0.25, 0.3) is 0 Å². The Morgan fingerprint density at radius 3 is 2.57 bits per heavy atom. The number of furan rings is 1. The van der Waals surface area contributed by atoms with Crippen LogP contribution in [0, 0.1) is 10.1 Å². The number of hydrogen-bond acceptors (Lipinski definition) is 4. The van der Waals surface area contributed by atoms with Gasteiger partial charge in [0.1, 0.15) is 5.58 Å². The largest absolute Gasteiger partial charge is 0.449 e. The summed E-state index contributed by atoms with van der Waals surface area (Å²) in [5, 5.41) is 18.3. The zero-order chi connectivity index (χ0) is 19.7. The van der Waals surface area contributed by atoms with Crippen LogP contribution in [0.5, 0.6) is 0 Å². The number of non-ortho nitro benzene ring substituents is 1. The van der Waals surface area contributed by atoms with Gasteiger partial charge in [0.2, 0.25) is 5.58 Å². The molecule has 140 valence electrons. The van der Waals surface area contributed by atoms with Gasteiger partial charge in [-0.1, -0.05) is 36.4 Å². The number of nitrogens with zero attached hydrogens (tertiary/aromatic N) is 1. The lowest BCUT2D eigenvalue weighted by Gasteiger charge is -2.15. The average Bonchev–Trinajstić information content (AvgIpc) is 3.06. The fraction of sp³-hybridized carbons (Fsp3) is 0.0952. The van der Waals surface area contributed by atoms with Gasteiger partial charge in [-0.2, -0.15) is 0 Å². The standard InChI is InChI=1S/C21H17N3O4/c1-13(14-6-3-2-4-7-14)22-21(25)23-15-10-11-16-17-8-5-9-18(24(26)27)20(17)28-19(16)12-15/h2-13H,1H3,(H2,22,23,25). The minimum Gasteiger partial charge on any atom is -0.449 e. The predicted molar refractivity (Wildman–Crippen MR) is 107 cm³/mol. The highest BCUT2D eigenvalue weighted by Gasteiger charge is 2.18. The molecule has 4 rings (SSSR count). The lowest BCUT2D eigenvalue weighted by molar-refractivity contribution is -0.383. The number of benzene rings is 3. The average molecular weight is 375 g/mol. The third kappa shape index (κ3) is 3.25. The molecule has 1 atom stereocenters. The van der Waals surface area contributed by atoms with Crippen molar-refractivity contribution in [2.75, 3.05) is 5.32 Å². The van der Waals surface area contributed by atoms with Crippen molar-refractivity contribution in [2.24, 2.45) is 0 Å². The van der Waals surface area contributed by atoms with Crippen molar-refractivity contribution in [3.8, 4) is 0 Å². The van der Waals surface area contributed by atoms with Crippen LogP contribution in [-0.2, 0) is 0 Å². The Morgan fingerprint density at radius 2 is 1.82 bits per heavy atom. The van der Waals surface area contributed by atoms with E-state index in [1.807, 2.05) is 37.3 Å². The zero-order valence-corrected chi connectivity index (χ0v) is 15.0. The van der Waals surface area contributed by atoms with Gasteiger partial charge in [-0.3, -0.25) is 10.1 Å². The first kappa shape index (κ1) is 17.5. The smallest absolute Gasteiger partial charge is 0.319 e. The molecule has 0 aliphatic rings. The molecule has 0 fully saturated rings. The maximum Gasteiger partial charge on any atom is 0.319 e. The molecule has 3 aromatic carbocycles. The number of anilines is 1. The van der Waals surface area contributed by atoms with E-state index in [1.54, 1.807) is 30.3 Å². The van der Waals surface area contributed by atoms with E-state index in [0.29, 0.717) is 16.7 Å². The van der Waals surface area contributed by atoms with Crippen molar-refractivity contribution in [1.29, 1.82) is 0 Å². The van der Waals surface area contributed by atoms with Crippen LogP contribution in [0.4, 0.5) is 16.2 Å². The summed E-state index contributed by atoms with van der Waals surface area (Å²) in [5.41, 5.74) is 2.14. The molecular formula is C21H17N3O4. The molecule has 0 saturated heterocycles. The number of nitrogens with one attached hydrogen (secondary N) is 2. The van der Waals surface area contributed by atoms with Crippen LogP contribution < -0.4 is 10.6 Å². The summed E-state index contributed by atoms with van der Waals surface area (Å²) in [6, 6.07) is 19.1. The van der Waals surface area contributed by atoms with Gasteiger partial charge in [0.05, 0.1) is 11.0 Å². The lowest BCUT2D eigenvalue weighted by Crippen LogP contribution is -2.31. The Morgan fingerprint density at radius 1 is 1.04 bits per heavy atom. The van der Waals surface area contributed by atoms with Crippen molar-refractivity contribution < 1.29 is 14.1 Å². The maximum absolute atomic E-state index is 12.3. The van der Waals surface area contributed by atoms with E-state index in [-0.39, 0.29) is 23.3 Å². The SMILES string of the molecule is CC(NC(=O)Nc1ccc2c(c1)oc1c([N+](=O)[O-])cccc12)c1ccccc1. The molecule has 0 aliphatic heterocycles. The Kier molecular flexibility index (Phi) is 4.41. The third-order valence-electron chi connectivity index (χ3n) is 4.58. The van der Waals surface area contributed by atoms with E-state index in [1.165, 1.54) is 6.07 Å². The molecule has 2 amide bonds. The molecule has 0 radical (unpaired) electrons. The van der Waals surface area contributed by atoms with Crippen LogP contribution in [0.15, 0.2) is 71.1 Å². The number of carbonyl (C=O) groups excluding carboxylic acids is 1. The van der Waals surface area contributed by atoms with Gasteiger partial charge < -0.3 is 15.1 Å². The monoisotopic (exact) mass is 375 g/mol. The van der Waals surface area contributed by atoms with E-state index in [4.69, 9.17) is 4.42 Å². The van der Waals surface area contributed by atoms with Crippen LogP contribution in [0.3, 0.4) is 0 Å². The van der Waals surface area contributed by atoms with Crippen molar-refractivity contribution in [1.82, 2.24) is 5.32 Å². The molecule has 28 heavy (non-hydrogen) atoms. The Bertz CT molecular complexity index is 1180. The third-order valence-corrected chi connectivity index (χ3v) is 4.58. The van der Waals surface area contributed by atoms with E-state index in [2.05, 4.69) is 10.6 Å². The summed E-state index contributed by atoms with van der Waals surface area (Å²) in [4.78, 5) is 23.0. The summed E-state index contributed by atoms with van der Waals surface area (Å²) < 4.78 is 5.70. The number of hydrogen-bond donors (Lipinski definition) is 2. The van der Waals surface area contributed by atoms with Crippen molar-refractivity contribution in [2.45, 2.75) is 13.0 Å². The van der Waals surface area contributed by atoms with Crippen LogP contribution >= 0.6 is 0 Å². The minimum atomic E-state index is -0.470. The maximum atomic E-state index is 12.3. The first-order valence-electron chi connectivity index (χ1n) is 8.75. The second kappa shape index (κ2) is 7.03. The first-order chi connectivity index (χ1) is 13.5. The van der Waals surface area contributed by atoms with Gasteiger partial charge in [-0.25, -0.2) is 4.79 Å². The highest BCUT2D eigenvalue weighted by molar-refractivity contribution is 6.08. The van der Waals surface area contributed by atoms with E-state index in [0.717, 1.165) is 10.9 Å². The molecule has 1 aromatic heterocycles. The van der Waals surface area contributed by atoms with Gasteiger partial charge in [0, 0.05) is 28.6 Å². The number of nitro groups is 1. The van der Waals surface area contributed by atoms with Gasteiger partial charge >= 0.3 is 11.7 Å². The highest BCUT2D eigenvalue weighted by atomic mass is 16.6. The van der Waals surface area contributed by atoms with Crippen molar-refractivity contribution >= 4 is 39.3 Å². The molecule has 7 nitrogen and oxygen atoms in total. The summed E-state index contributed by atoms with van der Waals surface area (Å²) >= 11 is 0. The van der Waals surface area contributed by atoms with E-state index < -0.39 is 4.92 Å². The summed E-state index contributed by atoms with van der Waals surface area (Å²) in [6.07, 6.45) is 0. The summed E-state index contributed by atoms with van der Waals surface area (Å²) in [6.45, 7) is 1.90. The summed E-state index contributed by atoms with van der Waals surface area (Å²) in [5.74, 6) is 0. The first-order valence-corrected chi connectivity index (χ1v) is 8.75.